The molecule has 7 rings (SSSR count). The Morgan fingerprint density at radius 1 is 1.21 bits per heavy atom. The van der Waals surface area contributed by atoms with E-state index in [1.54, 1.807) is 0 Å². The van der Waals surface area contributed by atoms with Crippen LogP contribution in [-0.4, -0.2) is 56.8 Å². The summed E-state index contributed by atoms with van der Waals surface area (Å²) < 4.78 is 12.7. The zero-order chi connectivity index (χ0) is 23.1. The molecule has 34 heavy (non-hydrogen) atoms. The van der Waals surface area contributed by atoms with Crippen molar-refractivity contribution < 1.29 is 19.4 Å². The first-order valence-corrected chi connectivity index (χ1v) is 12.6. The number of nitrogens with zero attached hydrogens (tertiary/aromatic N) is 4. The maximum Gasteiger partial charge on any atom is 0.231 e. The molecular weight excluding hydrogens is 434 g/mol. The van der Waals surface area contributed by atoms with Crippen molar-refractivity contribution >= 4 is 5.91 Å². The van der Waals surface area contributed by atoms with Gasteiger partial charge >= 0.3 is 0 Å². The SMILES string of the molecule is O=C(NCc1ccc2c(c1)OCO2)[C@H]1CN2CC[C@H]1C[C@@H]2Cn1cc(C2(O)CCCCC2)nn1. The number of carbonyl (C=O) groups is 1. The molecule has 9 nitrogen and oxygen atoms in total. The quantitative estimate of drug-likeness (QED) is 0.671. The molecule has 2 bridgehead atoms. The van der Waals surface area contributed by atoms with Crippen LogP contribution in [0.5, 0.6) is 11.5 Å². The highest BCUT2D eigenvalue weighted by molar-refractivity contribution is 5.79. The van der Waals surface area contributed by atoms with Gasteiger partial charge in [-0.2, -0.15) is 0 Å². The topological polar surface area (TPSA) is 102 Å². The second kappa shape index (κ2) is 8.85. The molecule has 9 heteroatoms. The van der Waals surface area contributed by atoms with E-state index in [-0.39, 0.29) is 18.6 Å². The van der Waals surface area contributed by atoms with E-state index < -0.39 is 5.60 Å². The standard InChI is InChI=1S/C25H33N5O4/c31-24(26-12-17-4-5-21-22(10-17)34-16-33-21)20-14-29-9-6-18(20)11-19(29)13-30-15-23(27-28-30)25(32)7-2-1-3-8-25/h4-5,10,15,18-20,32H,1-3,6-9,11-14,16H2,(H,26,31)/t18-,19+,20-/m0/s1. The van der Waals surface area contributed by atoms with Crippen molar-refractivity contribution in [1.82, 2.24) is 25.2 Å². The Labute approximate surface area is 199 Å². The number of hydrogen-bond donors (Lipinski definition) is 2. The number of aromatic nitrogens is 3. The number of carbonyl (C=O) groups excluding carboxylic acids is 1. The third-order valence-electron chi connectivity index (χ3n) is 8.21. The van der Waals surface area contributed by atoms with E-state index >= 15 is 0 Å². The highest BCUT2D eigenvalue weighted by Crippen LogP contribution is 2.38. The maximum absolute atomic E-state index is 13.0. The van der Waals surface area contributed by atoms with Crippen molar-refractivity contribution in [2.75, 3.05) is 19.9 Å². The number of hydrogen-bond acceptors (Lipinski definition) is 7. The van der Waals surface area contributed by atoms with Crippen LogP contribution in [0.25, 0.3) is 0 Å². The zero-order valence-corrected chi connectivity index (χ0v) is 19.5. The van der Waals surface area contributed by atoms with Crippen LogP contribution in [0.4, 0.5) is 0 Å². The van der Waals surface area contributed by atoms with Gasteiger partial charge in [-0.05, 0) is 55.8 Å². The molecule has 1 aromatic heterocycles. The molecule has 1 aromatic carbocycles. The summed E-state index contributed by atoms with van der Waals surface area (Å²) in [5.41, 5.74) is 0.908. The molecule has 1 saturated carbocycles. The van der Waals surface area contributed by atoms with E-state index in [1.807, 2.05) is 29.1 Å². The third-order valence-corrected chi connectivity index (χ3v) is 8.21. The fraction of sp³-hybridized carbons (Fsp3) is 0.640. The van der Waals surface area contributed by atoms with Crippen molar-refractivity contribution in [2.45, 2.75) is 69.7 Å². The largest absolute Gasteiger partial charge is 0.454 e. The van der Waals surface area contributed by atoms with Gasteiger partial charge in [0.1, 0.15) is 11.3 Å². The van der Waals surface area contributed by atoms with Crippen LogP contribution < -0.4 is 14.8 Å². The van der Waals surface area contributed by atoms with E-state index in [9.17, 15) is 9.90 Å². The molecular formula is C25H33N5O4. The predicted molar refractivity (Wildman–Crippen MR) is 123 cm³/mol. The summed E-state index contributed by atoms with van der Waals surface area (Å²) in [6, 6.07) is 6.15. The highest BCUT2D eigenvalue weighted by atomic mass is 16.7. The summed E-state index contributed by atoms with van der Waals surface area (Å²) in [6.45, 7) is 3.31. The molecule has 4 aliphatic heterocycles. The Morgan fingerprint density at radius 2 is 2.06 bits per heavy atom. The van der Waals surface area contributed by atoms with Gasteiger partial charge in [0.2, 0.25) is 12.7 Å². The molecule has 0 radical (unpaired) electrons. The second-order valence-corrected chi connectivity index (χ2v) is 10.4. The minimum atomic E-state index is -0.816. The average Bonchev–Trinajstić information content (AvgIpc) is 3.53. The van der Waals surface area contributed by atoms with Gasteiger partial charge < -0.3 is 19.9 Å². The lowest BCUT2D eigenvalue weighted by molar-refractivity contribution is -0.133. The predicted octanol–water partition coefficient (Wildman–Crippen LogP) is 2.19. The van der Waals surface area contributed by atoms with Gasteiger partial charge in [-0.3, -0.25) is 14.4 Å². The van der Waals surface area contributed by atoms with E-state index in [2.05, 4.69) is 20.5 Å². The molecule has 5 heterocycles. The van der Waals surface area contributed by atoms with Crippen LogP contribution in [0, 0.1) is 11.8 Å². The normalized spacial score (nSPS) is 29.2. The highest BCUT2D eigenvalue weighted by Gasteiger charge is 2.43. The Hall–Kier alpha value is -2.65. The first kappa shape index (κ1) is 21.9. The Morgan fingerprint density at radius 3 is 2.88 bits per heavy atom. The summed E-state index contributed by atoms with van der Waals surface area (Å²) in [6.07, 6.45) is 8.78. The van der Waals surface area contributed by atoms with Gasteiger partial charge in [-0.1, -0.05) is 30.5 Å². The Balaban J connectivity index is 1.04. The van der Waals surface area contributed by atoms with Crippen LogP contribution in [0.2, 0.25) is 0 Å². The maximum atomic E-state index is 13.0. The summed E-state index contributed by atoms with van der Waals surface area (Å²) >= 11 is 0. The molecule has 3 saturated heterocycles. The fourth-order valence-electron chi connectivity index (χ4n) is 6.21. The van der Waals surface area contributed by atoms with Crippen LogP contribution in [0.3, 0.4) is 0 Å². The molecule has 1 amide bonds. The van der Waals surface area contributed by atoms with Crippen molar-refractivity contribution in [3.05, 3.63) is 35.7 Å². The molecule has 1 unspecified atom stereocenters. The number of benzene rings is 1. The first-order valence-electron chi connectivity index (χ1n) is 12.6. The molecule has 4 atom stereocenters. The average molecular weight is 468 g/mol. The van der Waals surface area contributed by atoms with E-state index in [4.69, 9.17) is 9.47 Å². The molecule has 4 fully saturated rings. The van der Waals surface area contributed by atoms with E-state index in [1.165, 1.54) is 6.42 Å². The first-order chi connectivity index (χ1) is 16.6. The fourth-order valence-corrected chi connectivity index (χ4v) is 6.21. The minimum Gasteiger partial charge on any atom is -0.454 e. The lowest BCUT2D eigenvalue weighted by Crippen LogP contribution is -2.58. The Bertz CT molecular complexity index is 1050. The lowest BCUT2D eigenvalue weighted by atomic mass is 9.75. The third kappa shape index (κ3) is 4.15. The summed E-state index contributed by atoms with van der Waals surface area (Å²) in [7, 11) is 0. The number of fused-ring (bicyclic) bond motifs is 4. The van der Waals surface area contributed by atoms with Gasteiger partial charge in [0.25, 0.3) is 0 Å². The van der Waals surface area contributed by atoms with Crippen molar-refractivity contribution in [3.8, 4) is 11.5 Å². The van der Waals surface area contributed by atoms with E-state index in [0.29, 0.717) is 24.2 Å². The van der Waals surface area contributed by atoms with Gasteiger partial charge in [-0.25, -0.2) is 0 Å². The van der Waals surface area contributed by atoms with Crippen LogP contribution in [0.1, 0.15) is 56.2 Å². The summed E-state index contributed by atoms with van der Waals surface area (Å²) in [5, 5.41) is 22.8. The minimum absolute atomic E-state index is 0.0215. The molecule has 182 valence electrons. The Kier molecular flexibility index (Phi) is 5.69. The van der Waals surface area contributed by atoms with Gasteiger partial charge in [-0.15, -0.1) is 5.10 Å². The van der Waals surface area contributed by atoms with Crippen molar-refractivity contribution in [2.24, 2.45) is 11.8 Å². The number of nitrogens with one attached hydrogen (secondary N) is 1. The van der Waals surface area contributed by atoms with Gasteiger partial charge in [0, 0.05) is 19.1 Å². The summed E-state index contributed by atoms with van der Waals surface area (Å²) in [4.78, 5) is 15.5. The lowest BCUT2D eigenvalue weighted by Gasteiger charge is -2.49. The number of aliphatic hydroxyl groups is 1. The number of rotatable bonds is 6. The molecule has 1 aliphatic carbocycles. The molecule has 2 N–H and O–H groups in total. The smallest absolute Gasteiger partial charge is 0.231 e. The molecule has 5 aliphatic rings. The molecule has 0 spiro atoms. The number of amides is 1. The summed E-state index contributed by atoms with van der Waals surface area (Å²) in [5.74, 6) is 2.04. The second-order valence-electron chi connectivity index (χ2n) is 10.4. The van der Waals surface area contributed by atoms with Crippen molar-refractivity contribution in [1.29, 1.82) is 0 Å². The monoisotopic (exact) mass is 467 g/mol. The zero-order valence-electron chi connectivity index (χ0n) is 19.5. The van der Waals surface area contributed by atoms with E-state index in [0.717, 1.165) is 75.2 Å². The number of ether oxygens (including phenoxy) is 2. The molecule has 2 aromatic rings. The number of piperidine rings is 3. The van der Waals surface area contributed by atoms with Gasteiger partial charge in [0.05, 0.1) is 18.7 Å². The van der Waals surface area contributed by atoms with Gasteiger partial charge in [0.15, 0.2) is 11.5 Å². The van der Waals surface area contributed by atoms with Crippen LogP contribution in [-0.2, 0) is 23.5 Å². The van der Waals surface area contributed by atoms with Crippen molar-refractivity contribution in [3.63, 3.8) is 0 Å². The van der Waals surface area contributed by atoms with Crippen LogP contribution in [0.15, 0.2) is 24.4 Å². The van der Waals surface area contributed by atoms with Crippen LogP contribution >= 0.6 is 0 Å².